The van der Waals surface area contributed by atoms with Crippen LogP contribution in [0.1, 0.15) is 42.9 Å². The summed E-state index contributed by atoms with van der Waals surface area (Å²) in [4.78, 5) is 19.1. The van der Waals surface area contributed by atoms with Crippen LogP contribution in [0, 0.1) is 0 Å². The molecule has 70 valence electrons. The first-order chi connectivity index (χ1) is 6.02. The van der Waals surface area contributed by atoms with Gasteiger partial charge in [0, 0.05) is 12.1 Å². The Morgan fingerprint density at radius 2 is 2.15 bits per heavy atom. The van der Waals surface area contributed by atoms with Crippen LogP contribution in [-0.2, 0) is 0 Å². The highest BCUT2D eigenvalue weighted by Crippen LogP contribution is 2.13. The predicted molar refractivity (Wildman–Crippen MR) is 50.5 cm³/mol. The third-order valence-corrected chi connectivity index (χ3v) is 1.73. The highest BCUT2D eigenvalue weighted by molar-refractivity contribution is 5.97. The van der Waals surface area contributed by atoms with Gasteiger partial charge in [-0.25, -0.2) is 9.97 Å². The fourth-order valence-corrected chi connectivity index (χ4v) is 0.959. The molecule has 0 aliphatic carbocycles. The van der Waals surface area contributed by atoms with Gasteiger partial charge in [0.25, 0.3) is 0 Å². The maximum Gasteiger partial charge on any atom is 0.165 e. The van der Waals surface area contributed by atoms with Gasteiger partial charge in [0.1, 0.15) is 11.6 Å². The fourth-order valence-electron chi connectivity index (χ4n) is 0.959. The molecular weight excluding hydrogens is 166 g/mol. The number of ketones is 1. The molecule has 0 saturated carbocycles. The lowest BCUT2D eigenvalue weighted by Crippen LogP contribution is -2.07. The zero-order chi connectivity index (χ0) is 10.0. The van der Waals surface area contributed by atoms with Crippen LogP contribution in [0.15, 0.2) is 6.20 Å². The average molecular weight is 179 g/mol. The summed E-state index contributed by atoms with van der Waals surface area (Å²) in [5.41, 5.74) is 5.98. The zero-order valence-corrected chi connectivity index (χ0v) is 8.03. The number of aromatic nitrogens is 2. The van der Waals surface area contributed by atoms with Crippen molar-refractivity contribution in [3.05, 3.63) is 17.6 Å². The van der Waals surface area contributed by atoms with Crippen molar-refractivity contribution < 1.29 is 4.79 Å². The van der Waals surface area contributed by atoms with Gasteiger partial charge in [-0.2, -0.15) is 0 Å². The molecule has 13 heavy (non-hydrogen) atoms. The smallest absolute Gasteiger partial charge is 0.165 e. The van der Waals surface area contributed by atoms with Crippen LogP contribution >= 0.6 is 0 Å². The summed E-state index contributed by atoms with van der Waals surface area (Å²) in [7, 11) is 0. The van der Waals surface area contributed by atoms with Crippen LogP contribution in [0.25, 0.3) is 0 Å². The lowest BCUT2D eigenvalue weighted by atomic mass is 10.2. The van der Waals surface area contributed by atoms with Crippen molar-refractivity contribution in [3.8, 4) is 0 Å². The number of Topliss-reactive ketones (excluding diaryl/α,β-unsaturated/α-hetero) is 1. The summed E-state index contributed by atoms with van der Waals surface area (Å²) in [5.74, 6) is 1.06. The molecular formula is C9H13N3O. The molecule has 0 aliphatic rings. The van der Waals surface area contributed by atoms with Gasteiger partial charge in [-0.05, 0) is 6.92 Å². The highest BCUT2D eigenvalue weighted by Gasteiger charge is 2.09. The van der Waals surface area contributed by atoms with Crippen molar-refractivity contribution in [1.82, 2.24) is 9.97 Å². The quantitative estimate of drug-likeness (QED) is 0.696. The van der Waals surface area contributed by atoms with Gasteiger partial charge in [-0.15, -0.1) is 0 Å². The van der Waals surface area contributed by atoms with Gasteiger partial charge in [0.2, 0.25) is 0 Å². The first-order valence-corrected chi connectivity index (χ1v) is 4.15. The van der Waals surface area contributed by atoms with Crippen molar-refractivity contribution in [2.24, 2.45) is 0 Å². The largest absolute Gasteiger partial charge is 0.383 e. The van der Waals surface area contributed by atoms with Gasteiger partial charge in [-0.3, -0.25) is 4.79 Å². The summed E-state index contributed by atoms with van der Waals surface area (Å²) in [6, 6.07) is 0. The molecule has 0 aromatic carbocycles. The maximum atomic E-state index is 11.0. The molecule has 1 rings (SSSR count). The van der Waals surface area contributed by atoms with Gasteiger partial charge >= 0.3 is 0 Å². The standard InChI is InChI=1S/C9H13N3O/c1-5(2)9-11-4-7(6(3)13)8(10)12-9/h4-5H,1-3H3,(H2,10,11,12). The number of nitrogen functional groups attached to an aromatic ring is 1. The van der Waals surface area contributed by atoms with Crippen LogP contribution in [0.5, 0.6) is 0 Å². The second kappa shape index (κ2) is 3.51. The Morgan fingerprint density at radius 3 is 2.54 bits per heavy atom. The average Bonchev–Trinajstić information content (AvgIpc) is 2.03. The molecule has 0 amide bonds. The van der Waals surface area contributed by atoms with Crippen molar-refractivity contribution in [2.75, 3.05) is 5.73 Å². The van der Waals surface area contributed by atoms with E-state index in [0.29, 0.717) is 11.4 Å². The van der Waals surface area contributed by atoms with Crippen molar-refractivity contribution in [2.45, 2.75) is 26.7 Å². The van der Waals surface area contributed by atoms with E-state index in [-0.39, 0.29) is 17.5 Å². The minimum atomic E-state index is -0.104. The summed E-state index contributed by atoms with van der Waals surface area (Å²) < 4.78 is 0. The minimum absolute atomic E-state index is 0.104. The lowest BCUT2D eigenvalue weighted by Gasteiger charge is -2.05. The van der Waals surface area contributed by atoms with Crippen LogP contribution in [0.4, 0.5) is 5.82 Å². The molecule has 0 aliphatic heterocycles. The lowest BCUT2D eigenvalue weighted by molar-refractivity contribution is 0.101. The Kier molecular flexibility index (Phi) is 2.60. The van der Waals surface area contributed by atoms with Crippen LogP contribution in [0.3, 0.4) is 0 Å². The number of rotatable bonds is 2. The van der Waals surface area contributed by atoms with E-state index in [9.17, 15) is 4.79 Å². The third kappa shape index (κ3) is 2.02. The zero-order valence-electron chi connectivity index (χ0n) is 8.03. The molecule has 0 unspecified atom stereocenters. The van der Waals surface area contributed by atoms with Crippen molar-refractivity contribution >= 4 is 11.6 Å². The monoisotopic (exact) mass is 179 g/mol. The Bertz CT molecular complexity index is 334. The Hall–Kier alpha value is -1.45. The van der Waals surface area contributed by atoms with E-state index in [2.05, 4.69) is 9.97 Å². The van der Waals surface area contributed by atoms with E-state index in [0.717, 1.165) is 0 Å². The second-order valence-electron chi connectivity index (χ2n) is 3.24. The summed E-state index contributed by atoms with van der Waals surface area (Å²) in [6.45, 7) is 5.40. The van der Waals surface area contributed by atoms with Crippen molar-refractivity contribution in [3.63, 3.8) is 0 Å². The SMILES string of the molecule is CC(=O)c1cnc(C(C)C)nc1N. The molecule has 0 saturated heterocycles. The Morgan fingerprint density at radius 1 is 1.54 bits per heavy atom. The fraction of sp³-hybridized carbons (Fsp3) is 0.444. The molecule has 2 N–H and O–H groups in total. The molecule has 0 spiro atoms. The first kappa shape index (κ1) is 9.64. The number of nitrogens with zero attached hydrogens (tertiary/aromatic N) is 2. The molecule has 1 aromatic heterocycles. The van der Waals surface area contributed by atoms with E-state index >= 15 is 0 Å². The topological polar surface area (TPSA) is 68.9 Å². The minimum Gasteiger partial charge on any atom is -0.383 e. The van der Waals surface area contributed by atoms with E-state index < -0.39 is 0 Å². The van der Waals surface area contributed by atoms with Crippen LogP contribution in [-0.4, -0.2) is 15.8 Å². The number of hydrogen-bond acceptors (Lipinski definition) is 4. The molecule has 0 atom stereocenters. The number of carbonyl (C=O) groups excluding carboxylic acids is 1. The molecule has 0 bridgehead atoms. The summed E-state index contributed by atoms with van der Waals surface area (Å²) in [6.07, 6.45) is 1.49. The normalized spacial score (nSPS) is 10.5. The number of carbonyl (C=O) groups is 1. The first-order valence-electron chi connectivity index (χ1n) is 4.15. The predicted octanol–water partition coefficient (Wildman–Crippen LogP) is 1.38. The van der Waals surface area contributed by atoms with Gasteiger partial charge in [0.15, 0.2) is 5.78 Å². The van der Waals surface area contributed by atoms with E-state index in [1.54, 1.807) is 0 Å². The van der Waals surface area contributed by atoms with E-state index in [1.165, 1.54) is 13.1 Å². The molecule has 4 heteroatoms. The number of anilines is 1. The third-order valence-electron chi connectivity index (χ3n) is 1.73. The molecule has 0 radical (unpaired) electrons. The highest BCUT2D eigenvalue weighted by atomic mass is 16.1. The Balaban J connectivity index is 3.13. The van der Waals surface area contributed by atoms with Crippen molar-refractivity contribution in [1.29, 1.82) is 0 Å². The molecule has 0 fully saturated rings. The van der Waals surface area contributed by atoms with E-state index in [4.69, 9.17) is 5.73 Å². The molecule has 4 nitrogen and oxygen atoms in total. The summed E-state index contributed by atoms with van der Waals surface area (Å²) >= 11 is 0. The van der Waals surface area contributed by atoms with Crippen LogP contribution in [0.2, 0.25) is 0 Å². The molecule has 1 aromatic rings. The van der Waals surface area contributed by atoms with Gasteiger partial charge < -0.3 is 5.73 Å². The Labute approximate surface area is 77.2 Å². The second-order valence-corrected chi connectivity index (χ2v) is 3.24. The maximum absolute atomic E-state index is 11.0. The molecule has 1 heterocycles. The van der Waals surface area contributed by atoms with Gasteiger partial charge in [-0.1, -0.05) is 13.8 Å². The summed E-state index contributed by atoms with van der Waals surface area (Å²) in [5, 5.41) is 0. The van der Waals surface area contributed by atoms with Crippen LogP contribution < -0.4 is 5.73 Å². The van der Waals surface area contributed by atoms with E-state index in [1.807, 2.05) is 13.8 Å². The number of nitrogens with two attached hydrogens (primary N) is 1. The number of hydrogen-bond donors (Lipinski definition) is 1. The van der Waals surface area contributed by atoms with Gasteiger partial charge in [0.05, 0.1) is 5.56 Å².